The first-order chi connectivity index (χ1) is 9.88. The van der Waals surface area contributed by atoms with Gasteiger partial charge in [-0.25, -0.2) is 0 Å². The van der Waals surface area contributed by atoms with Crippen LogP contribution in [0.2, 0.25) is 5.02 Å². The summed E-state index contributed by atoms with van der Waals surface area (Å²) in [6.07, 6.45) is 0. The summed E-state index contributed by atoms with van der Waals surface area (Å²) in [4.78, 5) is 0. The van der Waals surface area contributed by atoms with Crippen molar-refractivity contribution in [2.24, 2.45) is 0 Å². The summed E-state index contributed by atoms with van der Waals surface area (Å²) in [7, 11) is 0. The molecule has 0 saturated carbocycles. The van der Waals surface area contributed by atoms with Crippen molar-refractivity contribution in [1.29, 1.82) is 0 Å². The summed E-state index contributed by atoms with van der Waals surface area (Å²) in [6, 6.07) is 13.2. The standard InChI is InChI=1S/C19H24ClN/c1-12-10-13(2)19(14(3)11-12)16(5)21-15(4)17-6-8-18(20)9-7-17/h6-11,15-16,21H,1-5H3. The molecule has 2 aromatic carbocycles. The van der Waals surface area contributed by atoms with Crippen LogP contribution in [0.1, 0.15) is 53.7 Å². The Bertz CT molecular complexity index is 593. The van der Waals surface area contributed by atoms with Crippen molar-refractivity contribution in [3.05, 3.63) is 69.2 Å². The van der Waals surface area contributed by atoms with Gasteiger partial charge >= 0.3 is 0 Å². The van der Waals surface area contributed by atoms with Crippen molar-refractivity contribution in [2.45, 2.75) is 46.7 Å². The van der Waals surface area contributed by atoms with Crippen LogP contribution in [-0.4, -0.2) is 0 Å². The van der Waals surface area contributed by atoms with Gasteiger partial charge in [0.15, 0.2) is 0 Å². The molecule has 1 N–H and O–H groups in total. The summed E-state index contributed by atoms with van der Waals surface area (Å²) < 4.78 is 0. The third-order valence-electron chi connectivity index (χ3n) is 4.04. The lowest BCUT2D eigenvalue weighted by Crippen LogP contribution is -2.23. The first-order valence-electron chi connectivity index (χ1n) is 7.47. The van der Waals surface area contributed by atoms with Crippen LogP contribution in [0, 0.1) is 20.8 Å². The van der Waals surface area contributed by atoms with Crippen molar-refractivity contribution in [3.8, 4) is 0 Å². The molecule has 2 heteroatoms. The Hall–Kier alpha value is -1.31. The van der Waals surface area contributed by atoms with Gasteiger partial charge in [-0.15, -0.1) is 0 Å². The maximum Gasteiger partial charge on any atom is 0.0406 e. The fourth-order valence-electron chi connectivity index (χ4n) is 3.18. The highest BCUT2D eigenvalue weighted by molar-refractivity contribution is 6.30. The average Bonchev–Trinajstić information content (AvgIpc) is 2.37. The summed E-state index contributed by atoms with van der Waals surface area (Å²) >= 11 is 5.95. The molecular formula is C19H24ClN. The summed E-state index contributed by atoms with van der Waals surface area (Å²) in [5, 5.41) is 4.47. The predicted octanol–water partition coefficient (Wildman–Crippen LogP) is 5.68. The van der Waals surface area contributed by atoms with Crippen molar-refractivity contribution < 1.29 is 0 Å². The molecule has 0 fully saturated rings. The molecule has 112 valence electrons. The molecule has 0 bridgehead atoms. The number of hydrogen-bond donors (Lipinski definition) is 1. The Morgan fingerprint density at radius 3 is 1.90 bits per heavy atom. The maximum atomic E-state index is 5.95. The van der Waals surface area contributed by atoms with Gasteiger partial charge in [-0.2, -0.15) is 0 Å². The van der Waals surface area contributed by atoms with E-state index in [1.807, 2.05) is 12.1 Å². The van der Waals surface area contributed by atoms with Gasteiger partial charge < -0.3 is 5.32 Å². The Labute approximate surface area is 133 Å². The highest BCUT2D eigenvalue weighted by Crippen LogP contribution is 2.26. The zero-order valence-corrected chi connectivity index (χ0v) is 14.3. The fourth-order valence-corrected chi connectivity index (χ4v) is 3.31. The Morgan fingerprint density at radius 2 is 1.38 bits per heavy atom. The van der Waals surface area contributed by atoms with E-state index in [9.17, 15) is 0 Å². The number of halogens is 1. The molecule has 0 heterocycles. The van der Waals surface area contributed by atoms with Crippen LogP contribution < -0.4 is 5.32 Å². The second-order valence-corrected chi connectivity index (χ2v) is 6.41. The molecule has 1 nitrogen and oxygen atoms in total. The molecule has 2 aromatic rings. The zero-order chi connectivity index (χ0) is 15.6. The van der Waals surface area contributed by atoms with E-state index in [0.717, 1.165) is 5.02 Å². The molecule has 0 radical (unpaired) electrons. The van der Waals surface area contributed by atoms with E-state index >= 15 is 0 Å². The minimum Gasteiger partial charge on any atom is -0.304 e. The van der Waals surface area contributed by atoms with E-state index in [1.165, 1.54) is 27.8 Å². The molecule has 0 aliphatic heterocycles. The molecule has 21 heavy (non-hydrogen) atoms. The van der Waals surface area contributed by atoms with E-state index in [2.05, 4.69) is 64.2 Å². The lowest BCUT2D eigenvalue weighted by atomic mass is 9.94. The van der Waals surface area contributed by atoms with Crippen molar-refractivity contribution >= 4 is 11.6 Å². The van der Waals surface area contributed by atoms with Crippen LogP contribution in [0.25, 0.3) is 0 Å². The smallest absolute Gasteiger partial charge is 0.0406 e. The highest BCUT2D eigenvalue weighted by Gasteiger charge is 2.15. The molecule has 2 atom stereocenters. The molecule has 2 unspecified atom stereocenters. The molecule has 0 amide bonds. The largest absolute Gasteiger partial charge is 0.304 e. The number of hydrogen-bond acceptors (Lipinski definition) is 1. The normalized spacial score (nSPS) is 14.0. The first kappa shape index (κ1) is 16.1. The molecule has 0 aromatic heterocycles. The molecule has 0 saturated heterocycles. The summed E-state index contributed by atoms with van der Waals surface area (Å²) in [5.41, 5.74) is 6.70. The zero-order valence-electron chi connectivity index (χ0n) is 13.5. The fraction of sp³-hybridized carbons (Fsp3) is 0.368. The van der Waals surface area contributed by atoms with E-state index in [4.69, 9.17) is 11.6 Å². The summed E-state index contributed by atoms with van der Waals surface area (Å²) in [5.74, 6) is 0. The van der Waals surface area contributed by atoms with Crippen molar-refractivity contribution in [1.82, 2.24) is 5.32 Å². The van der Waals surface area contributed by atoms with Crippen molar-refractivity contribution in [2.75, 3.05) is 0 Å². The van der Waals surface area contributed by atoms with Gasteiger partial charge in [-0.1, -0.05) is 41.4 Å². The monoisotopic (exact) mass is 301 g/mol. The van der Waals surface area contributed by atoms with Crippen LogP contribution in [0.5, 0.6) is 0 Å². The van der Waals surface area contributed by atoms with E-state index < -0.39 is 0 Å². The van der Waals surface area contributed by atoms with Crippen molar-refractivity contribution in [3.63, 3.8) is 0 Å². The van der Waals surface area contributed by atoms with Crippen LogP contribution >= 0.6 is 11.6 Å². The van der Waals surface area contributed by atoms with Crippen LogP contribution in [-0.2, 0) is 0 Å². The molecule has 2 rings (SSSR count). The summed E-state index contributed by atoms with van der Waals surface area (Å²) in [6.45, 7) is 11.0. The maximum absolute atomic E-state index is 5.95. The topological polar surface area (TPSA) is 12.0 Å². The van der Waals surface area contributed by atoms with Gasteiger partial charge in [0.05, 0.1) is 0 Å². The third-order valence-corrected chi connectivity index (χ3v) is 4.29. The van der Waals surface area contributed by atoms with Gasteiger partial charge in [0.1, 0.15) is 0 Å². The van der Waals surface area contributed by atoms with E-state index in [0.29, 0.717) is 6.04 Å². The van der Waals surface area contributed by atoms with E-state index in [1.54, 1.807) is 0 Å². The highest BCUT2D eigenvalue weighted by atomic mass is 35.5. The minimum atomic E-state index is 0.289. The Balaban J connectivity index is 2.18. The molecule has 0 aliphatic rings. The SMILES string of the molecule is Cc1cc(C)c(C(C)NC(C)c2ccc(Cl)cc2)c(C)c1. The van der Waals surface area contributed by atoms with Gasteiger partial charge in [0, 0.05) is 17.1 Å². The van der Waals surface area contributed by atoms with Gasteiger partial charge in [-0.05, 0) is 69.0 Å². The Kier molecular flexibility index (Phi) is 5.08. The number of rotatable bonds is 4. The second kappa shape index (κ2) is 6.64. The predicted molar refractivity (Wildman–Crippen MR) is 92.1 cm³/mol. The Morgan fingerprint density at radius 1 is 0.857 bits per heavy atom. The quantitative estimate of drug-likeness (QED) is 0.766. The van der Waals surface area contributed by atoms with Crippen LogP contribution in [0.15, 0.2) is 36.4 Å². The number of benzene rings is 2. The molecule has 0 spiro atoms. The van der Waals surface area contributed by atoms with E-state index in [-0.39, 0.29) is 6.04 Å². The molecule has 0 aliphatic carbocycles. The average molecular weight is 302 g/mol. The number of aryl methyl sites for hydroxylation is 3. The van der Waals surface area contributed by atoms with Gasteiger partial charge in [-0.3, -0.25) is 0 Å². The molecular weight excluding hydrogens is 278 g/mol. The lowest BCUT2D eigenvalue weighted by Gasteiger charge is -2.24. The minimum absolute atomic E-state index is 0.289. The van der Waals surface area contributed by atoms with Gasteiger partial charge in [0.2, 0.25) is 0 Å². The van der Waals surface area contributed by atoms with Gasteiger partial charge in [0.25, 0.3) is 0 Å². The van der Waals surface area contributed by atoms with Crippen LogP contribution in [0.3, 0.4) is 0 Å². The number of nitrogens with one attached hydrogen (secondary N) is 1. The van der Waals surface area contributed by atoms with Crippen LogP contribution in [0.4, 0.5) is 0 Å². The second-order valence-electron chi connectivity index (χ2n) is 5.97. The first-order valence-corrected chi connectivity index (χ1v) is 7.85. The lowest BCUT2D eigenvalue weighted by molar-refractivity contribution is 0.491. The third kappa shape index (κ3) is 3.87.